The third-order valence-electron chi connectivity index (χ3n) is 11.0. The number of rotatable bonds is 6. The van der Waals surface area contributed by atoms with Crippen molar-refractivity contribution in [2.24, 2.45) is 0 Å². The van der Waals surface area contributed by atoms with Crippen LogP contribution in [-0.4, -0.2) is 122 Å². The van der Waals surface area contributed by atoms with Crippen LogP contribution in [0.1, 0.15) is 89.9 Å². The van der Waals surface area contributed by atoms with Crippen LogP contribution in [0.2, 0.25) is 0 Å². The summed E-state index contributed by atoms with van der Waals surface area (Å²) in [7, 11) is 4.23. The van der Waals surface area contributed by atoms with Gasteiger partial charge in [-0.1, -0.05) is 25.7 Å². The molecule has 4 saturated carbocycles. The van der Waals surface area contributed by atoms with Crippen LogP contribution < -0.4 is 10.6 Å². The van der Waals surface area contributed by atoms with Crippen molar-refractivity contribution in [1.82, 2.24) is 30.2 Å². The lowest BCUT2D eigenvalue weighted by Gasteiger charge is -2.40. The van der Waals surface area contributed by atoms with Crippen LogP contribution in [0.5, 0.6) is 0 Å². The minimum atomic E-state index is 0.780. The van der Waals surface area contributed by atoms with Gasteiger partial charge in [-0.25, -0.2) is 0 Å². The van der Waals surface area contributed by atoms with Crippen LogP contribution >= 0.6 is 0 Å². The summed E-state index contributed by atoms with van der Waals surface area (Å²) in [5, 5.41) is 6.90. The van der Waals surface area contributed by atoms with Gasteiger partial charge >= 0.3 is 0 Å². The first kappa shape index (κ1) is 27.3. The van der Waals surface area contributed by atoms with Crippen molar-refractivity contribution in [1.29, 1.82) is 0 Å². The monoisotopic (exact) mass is 502 g/mol. The quantitative estimate of drug-likeness (QED) is 0.580. The summed E-state index contributed by atoms with van der Waals surface area (Å²) in [6, 6.07) is 5.16. The predicted octanol–water partition coefficient (Wildman–Crippen LogP) is 3.37. The molecule has 208 valence electrons. The Morgan fingerprint density at radius 1 is 0.389 bits per heavy atom. The van der Waals surface area contributed by atoms with Crippen LogP contribution in [0.3, 0.4) is 0 Å². The van der Waals surface area contributed by atoms with Gasteiger partial charge in [0.1, 0.15) is 0 Å². The van der Waals surface area contributed by atoms with Crippen LogP contribution in [0.4, 0.5) is 0 Å². The fourth-order valence-electron chi connectivity index (χ4n) is 8.58. The Bertz CT molecular complexity index is 563. The lowest BCUT2D eigenvalue weighted by atomic mass is 10.1. The molecule has 6 heteroatoms. The highest BCUT2D eigenvalue weighted by Gasteiger charge is 2.34. The molecule has 4 atom stereocenters. The van der Waals surface area contributed by atoms with E-state index in [-0.39, 0.29) is 0 Å². The summed E-state index contributed by atoms with van der Waals surface area (Å²) in [5.41, 5.74) is 0. The number of nitrogens with zero attached hydrogens (tertiary/aromatic N) is 4. The van der Waals surface area contributed by atoms with E-state index in [2.05, 4.69) is 44.3 Å². The first-order valence-corrected chi connectivity index (χ1v) is 16.0. The molecule has 6 fully saturated rings. The normalized spacial score (nSPS) is 36.5. The first-order valence-electron chi connectivity index (χ1n) is 16.0. The molecular formula is C30H58N6. The molecule has 0 spiro atoms. The van der Waals surface area contributed by atoms with E-state index in [0.29, 0.717) is 0 Å². The molecule has 0 bridgehead atoms. The predicted molar refractivity (Wildman–Crippen MR) is 152 cm³/mol. The number of nitrogens with one attached hydrogen (secondary N) is 2. The van der Waals surface area contributed by atoms with Gasteiger partial charge in [0.25, 0.3) is 0 Å². The molecule has 4 aliphatic carbocycles. The van der Waals surface area contributed by atoms with Crippen molar-refractivity contribution < 1.29 is 0 Å². The molecule has 6 nitrogen and oxygen atoms in total. The summed E-state index contributed by atoms with van der Waals surface area (Å²) >= 11 is 0. The average molecular weight is 503 g/mol. The second kappa shape index (κ2) is 13.7. The fourth-order valence-corrected chi connectivity index (χ4v) is 8.58. The third-order valence-corrected chi connectivity index (χ3v) is 11.0. The largest absolute Gasteiger partial charge is 0.317 e. The fraction of sp³-hybridized carbons (Fsp3) is 1.00. The van der Waals surface area contributed by atoms with E-state index < -0.39 is 0 Å². The maximum atomic E-state index is 3.45. The van der Waals surface area contributed by atoms with Crippen LogP contribution in [0.15, 0.2) is 0 Å². The Labute approximate surface area is 222 Å². The molecule has 0 aromatic rings. The Kier molecular flexibility index (Phi) is 10.4. The molecule has 6 rings (SSSR count). The number of hydrogen-bond donors (Lipinski definition) is 2. The van der Waals surface area contributed by atoms with E-state index in [1.165, 1.54) is 142 Å². The second-order valence-electron chi connectivity index (χ2n) is 12.9. The minimum absolute atomic E-state index is 0.780. The topological polar surface area (TPSA) is 37.0 Å². The van der Waals surface area contributed by atoms with E-state index in [4.69, 9.17) is 0 Å². The maximum absolute atomic E-state index is 3.45. The molecule has 0 aromatic heterocycles. The summed E-state index contributed by atoms with van der Waals surface area (Å²) in [5.74, 6) is 0. The van der Waals surface area contributed by atoms with Gasteiger partial charge in [-0.2, -0.15) is 0 Å². The average Bonchev–Trinajstić information content (AvgIpc) is 3.76. The van der Waals surface area contributed by atoms with Crippen molar-refractivity contribution in [3.63, 3.8) is 0 Å². The van der Waals surface area contributed by atoms with E-state index >= 15 is 0 Å². The third kappa shape index (κ3) is 7.04. The van der Waals surface area contributed by atoms with Gasteiger partial charge < -0.3 is 10.6 Å². The lowest BCUT2D eigenvalue weighted by Crippen LogP contribution is -2.52. The molecule has 6 aliphatic rings. The lowest BCUT2D eigenvalue weighted by molar-refractivity contribution is 0.0714. The van der Waals surface area contributed by atoms with Crippen molar-refractivity contribution in [3.8, 4) is 0 Å². The van der Waals surface area contributed by atoms with Gasteiger partial charge in [-0.3, -0.25) is 19.6 Å². The summed E-state index contributed by atoms with van der Waals surface area (Å²) < 4.78 is 0. The van der Waals surface area contributed by atoms with Crippen molar-refractivity contribution in [3.05, 3.63) is 0 Å². The zero-order valence-corrected chi connectivity index (χ0v) is 23.8. The summed E-state index contributed by atoms with van der Waals surface area (Å²) in [4.78, 5) is 11.1. The Hall–Kier alpha value is -0.240. The van der Waals surface area contributed by atoms with Crippen molar-refractivity contribution >= 4 is 0 Å². The first-order chi connectivity index (χ1) is 17.7. The second-order valence-corrected chi connectivity index (χ2v) is 12.9. The van der Waals surface area contributed by atoms with Gasteiger partial charge in [-0.05, 0) is 78.3 Å². The molecule has 2 saturated heterocycles. The Morgan fingerprint density at radius 3 is 0.972 bits per heavy atom. The molecule has 0 radical (unpaired) electrons. The van der Waals surface area contributed by atoms with Gasteiger partial charge in [0, 0.05) is 88.6 Å². The molecule has 36 heavy (non-hydrogen) atoms. The number of hydrogen-bond acceptors (Lipinski definition) is 6. The van der Waals surface area contributed by atoms with E-state index in [9.17, 15) is 0 Å². The van der Waals surface area contributed by atoms with Gasteiger partial charge in [0.05, 0.1) is 0 Å². The van der Waals surface area contributed by atoms with Crippen LogP contribution in [0, 0.1) is 0 Å². The maximum Gasteiger partial charge on any atom is 0.0113 e. The van der Waals surface area contributed by atoms with E-state index in [1.54, 1.807) is 0 Å². The smallest absolute Gasteiger partial charge is 0.0113 e. The summed E-state index contributed by atoms with van der Waals surface area (Å²) in [6.07, 6.45) is 20.1. The van der Waals surface area contributed by atoms with Crippen LogP contribution in [0.25, 0.3) is 0 Å². The highest BCUT2D eigenvalue weighted by molar-refractivity contribution is 4.91. The molecule has 2 aliphatic heterocycles. The SMILES string of the molecule is CNC1CCC(N2CCN(C3CCCC3)CC2)C1.CN[C@@H]1CC[C@H](N2CCN(C3CCCC3)CC2)C1. The van der Waals surface area contributed by atoms with Gasteiger partial charge in [0.15, 0.2) is 0 Å². The molecule has 2 unspecified atom stereocenters. The van der Waals surface area contributed by atoms with E-state index in [0.717, 1.165) is 36.3 Å². The molecular weight excluding hydrogens is 444 g/mol. The number of piperazine rings is 2. The van der Waals surface area contributed by atoms with E-state index in [1.807, 2.05) is 0 Å². The highest BCUT2D eigenvalue weighted by Crippen LogP contribution is 2.29. The Morgan fingerprint density at radius 2 is 0.694 bits per heavy atom. The summed E-state index contributed by atoms with van der Waals surface area (Å²) in [6.45, 7) is 10.6. The molecule has 0 aromatic carbocycles. The molecule has 0 amide bonds. The van der Waals surface area contributed by atoms with Crippen LogP contribution in [-0.2, 0) is 0 Å². The Balaban J connectivity index is 0.000000148. The highest BCUT2D eigenvalue weighted by atomic mass is 15.3. The standard InChI is InChI=1S/2C15H29N3/c2*1-16-13-6-7-15(12-13)18-10-8-17(9-11-18)14-4-2-3-5-14/h2*13-16H,2-12H2,1H3/t13-,15+;/m1./s1. The van der Waals surface area contributed by atoms with Crippen molar-refractivity contribution in [2.75, 3.05) is 66.5 Å². The van der Waals surface area contributed by atoms with Gasteiger partial charge in [-0.15, -0.1) is 0 Å². The minimum Gasteiger partial charge on any atom is -0.317 e. The zero-order chi connectivity index (χ0) is 24.7. The van der Waals surface area contributed by atoms with Crippen molar-refractivity contribution in [2.45, 2.75) is 126 Å². The zero-order valence-electron chi connectivity index (χ0n) is 23.8. The molecule has 2 N–H and O–H groups in total. The molecule has 2 heterocycles. The van der Waals surface area contributed by atoms with Gasteiger partial charge in [0.2, 0.25) is 0 Å².